The number of benzene rings is 2. The molecule has 0 radical (unpaired) electrons. The molecule has 166 valence electrons. The fourth-order valence-electron chi connectivity index (χ4n) is 3.31. The number of thioether (sulfide) groups is 1. The van der Waals surface area contributed by atoms with Gasteiger partial charge in [-0.2, -0.15) is 0 Å². The predicted octanol–water partition coefficient (Wildman–Crippen LogP) is 4.37. The molecule has 2 heterocycles. The third-order valence-corrected chi connectivity index (χ3v) is 6.07. The van der Waals surface area contributed by atoms with E-state index >= 15 is 0 Å². The number of anilines is 1. The van der Waals surface area contributed by atoms with Crippen LogP contribution in [0, 0.1) is 10.1 Å². The molecule has 0 saturated carbocycles. The van der Waals surface area contributed by atoms with Crippen molar-refractivity contribution in [3.05, 3.63) is 58.8 Å². The van der Waals surface area contributed by atoms with Crippen LogP contribution >= 0.6 is 11.8 Å². The Labute approximate surface area is 188 Å². The molecule has 0 fully saturated rings. The number of nitro benzene ring substituents is 1. The fraction of sp³-hybridized carbons (Fsp3) is 0.273. The number of hydrogen-bond donors (Lipinski definition) is 1. The van der Waals surface area contributed by atoms with Gasteiger partial charge >= 0.3 is 0 Å². The second-order valence-corrected chi connectivity index (χ2v) is 8.39. The first-order valence-corrected chi connectivity index (χ1v) is 11.0. The number of nitrogens with zero attached hydrogens (tertiary/aromatic N) is 3. The van der Waals surface area contributed by atoms with Crippen LogP contribution in [0.4, 0.5) is 11.4 Å². The number of carbonyl (C=O) groups excluding carboxylic acids is 1. The van der Waals surface area contributed by atoms with Gasteiger partial charge in [0.25, 0.3) is 5.69 Å². The van der Waals surface area contributed by atoms with Crippen LogP contribution in [0.1, 0.15) is 13.8 Å². The molecule has 32 heavy (non-hydrogen) atoms. The summed E-state index contributed by atoms with van der Waals surface area (Å²) in [7, 11) is 0. The summed E-state index contributed by atoms with van der Waals surface area (Å²) in [5.41, 5.74) is 2.36. The number of imidazole rings is 1. The predicted molar refractivity (Wildman–Crippen MR) is 121 cm³/mol. The van der Waals surface area contributed by atoms with Gasteiger partial charge in [-0.15, -0.1) is 0 Å². The summed E-state index contributed by atoms with van der Waals surface area (Å²) in [4.78, 5) is 27.5. The van der Waals surface area contributed by atoms with Gasteiger partial charge in [0.05, 0.1) is 22.1 Å². The Morgan fingerprint density at radius 1 is 1.22 bits per heavy atom. The van der Waals surface area contributed by atoms with Crippen molar-refractivity contribution >= 4 is 29.0 Å². The lowest BCUT2D eigenvalue weighted by atomic mass is 10.1. The SMILES string of the molecule is CCn1c(-c2ccc3c(c2)OCCO3)cnc1SC(C)C(=O)Nc1ccc([N+](=O)[O-])cc1. The van der Waals surface area contributed by atoms with E-state index in [1.165, 1.54) is 36.0 Å². The number of hydrogen-bond acceptors (Lipinski definition) is 7. The van der Waals surface area contributed by atoms with E-state index in [1.54, 1.807) is 13.1 Å². The minimum atomic E-state index is -0.478. The molecule has 1 unspecified atom stereocenters. The Balaban J connectivity index is 1.47. The molecule has 2 aromatic carbocycles. The zero-order valence-corrected chi connectivity index (χ0v) is 18.4. The number of non-ortho nitro benzene ring substituents is 1. The van der Waals surface area contributed by atoms with Crippen LogP contribution < -0.4 is 14.8 Å². The maximum absolute atomic E-state index is 12.6. The van der Waals surface area contributed by atoms with Crippen molar-refractivity contribution in [3.8, 4) is 22.8 Å². The third-order valence-electron chi connectivity index (χ3n) is 4.97. The minimum absolute atomic E-state index is 0.0259. The highest BCUT2D eigenvalue weighted by atomic mass is 32.2. The number of amides is 1. The van der Waals surface area contributed by atoms with E-state index in [0.717, 1.165) is 22.2 Å². The van der Waals surface area contributed by atoms with E-state index < -0.39 is 10.2 Å². The maximum atomic E-state index is 12.6. The molecular formula is C22H22N4O5S. The summed E-state index contributed by atoms with van der Waals surface area (Å²) in [5, 5.41) is 13.9. The Kier molecular flexibility index (Phi) is 6.31. The van der Waals surface area contributed by atoms with Crippen molar-refractivity contribution in [1.29, 1.82) is 0 Å². The number of nitro groups is 1. The maximum Gasteiger partial charge on any atom is 0.269 e. The Bertz CT molecular complexity index is 1150. The number of rotatable bonds is 7. The second-order valence-electron chi connectivity index (χ2n) is 7.08. The first kappa shape index (κ1) is 21.7. The first-order chi connectivity index (χ1) is 15.5. The molecule has 1 N–H and O–H groups in total. The lowest BCUT2D eigenvalue weighted by Crippen LogP contribution is -2.23. The van der Waals surface area contributed by atoms with Crippen LogP contribution in [-0.4, -0.2) is 38.8 Å². The van der Waals surface area contributed by atoms with Gasteiger partial charge in [-0.05, 0) is 44.2 Å². The summed E-state index contributed by atoms with van der Waals surface area (Å²) in [5.74, 6) is 1.23. The van der Waals surface area contributed by atoms with E-state index in [0.29, 0.717) is 31.2 Å². The molecule has 1 aliphatic heterocycles. The second kappa shape index (κ2) is 9.31. The van der Waals surface area contributed by atoms with Crippen molar-refractivity contribution in [1.82, 2.24) is 9.55 Å². The van der Waals surface area contributed by atoms with Gasteiger partial charge in [0, 0.05) is 29.9 Å². The standard InChI is InChI=1S/C22H22N4O5S/c1-3-25-18(15-4-9-19-20(12-15)31-11-10-30-19)13-23-22(25)32-14(2)21(27)24-16-5-7-17(8-6-16)26(28)29/h4-9,12-14H,3,10-11H2,1-2H3,(H,24,27). The summed E-state index contributed by atoms with van der Waals surface area (Å²) in [6, 6.07) is 11.5. The van der Waals surface area contributed by atoms with Crippen molar-refractivity contribution in [2.24, 2.45) is 0 Å². The van der Waals surface area contributed by atoms with Gasteiger partial charge in [-0.3, -0.25) is 14.9 Å². The van der Waals surface area contributed by atoms with Gasteiger partial charge in [0.15, 0.2) is 16.7 Å². The Morgan fingerprint density at radius 3 is 2.62 bits per heavy atom. The third kappa shape index (κ3) is 4.54. The van der Waals surface area contributed by atoms with E-state index in [-0.39, 0.29) is 11.6 Å². The van der Waals surface area contributed by atoms with E-state index in [1.807, 2.05) is 29.7 Å². The summed E-state index contributed by atoms with van der Waals surface area (Å²) < 4.78 is 13.3. The average molecular weight is 455 g/mol. The summed E-state index contributed by atoms with van der Waals surface area (Å²) in [6.07, 6.45) is 1.79. The van der Waals surface area contributed by atoms with Crippen molar-refractivity contribution in [3.63, 3.8) is 0 Å². The van der Waals surface area contributed by atoms with Crippen molar-refractivity contribution in [2.45, 2.75) is 30.8 Å². The molecule has 1 aliphatic rings. The summed E-state index contributed by atoms with van der Waals surface area (Å²) >= 11 is 1.35. The molecule has 1 atom stereocenters. The molecule has 0 spiro atoms. The largest absolute Gasteiger partial charge is 0.486 e. The molecule has 0 bridgehead atoms. The first-order valence-electron chi connectivity index (χ1n) is 10.1. The van der Waals surface area contributed by atoms with E-state index in [9.17, 15) is 14.9 Å². The Hall–Kier alpha value is -3.53. The van der Waals surface area contributed by atoms with Crippen LogP contribution in [-0.2, 0) is 11.3 Å². The molecular weight excluding hydrogens is 432 g/mol. The monoisotopic (exact) mass is 454 g/mol. The number of ether oxygens (including phenoxy) is 2. The van der Waals surface area contributed by atoms with Gasteiger partial charge in [0.2, 0.25) is 5.91 Å². The zero-order valence-electron chi connectivity index (χ0n) is 17.6. The molecule has 3 aromatic rings. The van der Waals surface area contributed by atoms with Gasteiger partial charge < -0.3 is 19.4 Å². The molecule has 1 aromatic heterocycles. The number of fused-ring (bicyclic) bond motifs is 1. The minimum Gasteiger partial charge on any atom is -0.486 e. The highest BCUT2D eigenvalue weighted by molar-refractivity contribution is 8.00. The lowest BCUT2D eigenvalue weighted by Gasteiger charge is -2.19. The lowest BCUT2D eigenvalue weighted by molar-refractivity contribution is -0.384. The van der Waals surface area contributed by atoms with E-state index in [4.69, 9.17) is 9.47 Å². The van der Waals surface area contributed by atoms with Gasteiger partial charge in [-0.1, -0.05) is 11.8 Å². The molecule has 10 heteroatoms. The quantitative estimate of drug-likeness (QED) is 0.321. The topological polar surface area (TPSA) is 109 Å². The molecule has 9 nitrogen and oxygen atoms in total. The molecule has 4 rings (SSSR count). The normalized spacial score (nSPS) is 13.4. The van der Waals surface area contributed by atoms with Crippen LogP contribution in [0.3, 0.4) is 0 Å². The average Bonchev–Trinajstić information content (AvgIpc) is 3.21. The smallest absolute Gasteiger partial charge is 0.269 e. The molecule has 1 amide bonds. The van der Waals surface area contributed by atoms with Crippen molar-refractivity contribution in [2.75, 3.05) is 18.5 Å². The van der Waals surface area contributed by atoms with E-state index in [2.05, 4.69) is 10.3 Å². The van der Waals surface area contributed by atoms with Crippen LogP contribution in [0.15, 0.2) is 53.8 Å². The Morgan fingerprint density at radius 2 is 1.94 bits per heavy atom. The molecule has 0 saturated heterocycles. The highest BCUT2D eigenvalue weighted by Gasteiger charge is 2.21. The van der Waals surface area contributed by atoms with Gasteiger partial charge in [-0.25, -0.2) is 4.98 Å². The fourth-order valence-corrected chi connectivity index (χ4v) is 4.26. The number of nitrogens with one attached hydrogen (secondary N) is 1. The summed E-state index contributed by atoms with van der Waals surface area (Å²) in [6.45, 7) is 5.56. The molecule has 0 aliphatic carbocycles. The van der Waals surface area contributed by atoms with Crippen LogP contribution in [0.5, 0.6) is 11.5 Å². The van der Waals surface area contributed by atoms with Crippen LogP contribution in [0.25, 0.3) is 11.3 Å². The van der Waals surface area contributed by atoms with Crippen molar-refractivity contribution < 1.29 is 19.2 Å². The van der Waals surface area contributed by atoms with Crippen LogP contribution in [0.2, 0.25) is 0 Å². The van der Waals surface area contributed by atoms with Gasteiger partial charge in [0.1, 0.15) is 13.2 Å². The zero-order chi connectivity index (χ0) is 22.7. The number of aromatic nitrogens is 2. The highest BCUT2D eigenvalue weighted by Crippen LogP contribution is 2.36. The number of carbonyl (C=O) groups is 1.